The number of non-ortho nitro benzene ring substituents is 1. The van der Waals surface area contributed by atoms with Crippen LogP contribution in [0.2, 0.25) is 0 Å². The van der Waals surface area contributed by atoms with Crippen molar-refractivity contribution in [2.45, 2.75) is 18.1 Å². The fraction of sp³-hybridized carbons (Fsp3) is 0.158. The first-order valence-electron chi connectivity index (χ1n) is 9.09. The Morgan fingerprint density at radius 3 is 2.65 bits per heavy atom. The molecule has 31 heavy (non-hydrogen) atoms. The van der Waals surface area contributed by atoms with E-state index in [0.717, 1.165) is 23.4 Å². The number of nitro groups is 1. The number of nitro benzene ring substituents is 1. The summed E-state index contributed by atoms with van der Waals surface area (Å²) in [5, 5.41) is 17.4. The molecule has 0 aliphatic heterocycles. The van der Waals surface area contributed by atoms with Crippen molar-refractivity contribution in [3.8, 4) is 0 Å². The fourth-order valence-electron chi connectivity index (χ4n) is 2.62. The van der Waals surface area contributed by atoms with Crippen molar-refractivity contribution in [2.24, 2.45) is 0 Å². The van der Waals surface area contributed by atoms with Crippen LogP contribution in [0.25, 0.3) is 0 Å². The number of carbonyl (C=O) groups excluding carboxylic acids is 2. The number of aromatic nitrogens is 3. The van der Waals surface area contributed by atoms with Gasteiger partial charge in [-0.2, -0.15) is 0 Å². The van der Waals surface area contributed by atoms with Crippen molar-refractivity contribution in [3.63, 3.8) is 0 Å². The highest BCUT2D eigenvalue weighted by Gasteiger charge is 2.14. The van der Waals surface area contributed by atoms with E-state index in [1.165, 1.54) is 22.8 Å². The molecule has 1 aromatic heterocycles. The molecule has 0 unspecified atom stereocenters. The minimum atomic E-state index is -0.693. The minimum absolute atomic E-state index is 0.0317. The third-order valence-electron chi connectivity index (χ3n) is 4.16. The summed E-state index contributed by atoms with van der Waals surface area (Å²) >= 11 is 1.03. The first-order chi connectivity index (χ1) is 14.9. The Bertz CT molecular complexity index is 1140. The fourth-order valence-corrected chi connectivity index (χ4v) is 3.39. The van der Waals surface area contributed by atoms with Gasteiger partial charge in [0.1, 0.15) is 0 Å². The predicted molar refractivity (Wildman–Crippen MR) is 112 cm³/mol. The maximum absolute atomic E-state index is 12.1. The molecule has 3 N–H and O–H groups in total. The highest BCUT2D eigenvalue weighted by Crippen LogP contribution is 2.14. The van der Waals surface area contributed by atoms with E-state index in [2.05, 4.69) is 21.0 Å². The average Bonchev–Trinajstić information content (AvgIpc) is 3.14. The van der Waals surface area contributed by atoms with Crippen LogP contribution < -0.4 is 16.5 Å². The maximum atomic E-state index is 12.1. The molecule has 160 valence electrons. The molecular formula is C19H18N6O5S. The molecule has 0 saturated heterocycles. The first kappa shape index (κ1) is 21.8. The van der Waals surface area contributed by atoms with Gasteiger partial charge in [0.2, 0.25) is 5.91 Å². The monoisotopic (exact) mass is 442 g/mol. The number of carbonyl (C=O) groups is 2. The second-order valence-corrected chi connectivity index (χ2v) is 7.24. The van der Waals surface area contributed by atoms with Crippen LogP contribution >= 0.6 is 11.8 Å². The summed E-state index contributed by atoms with van der Waals surface area (Å²) in [5.41, 5.74) is 4.91. The lowest BCUT2D eigenvalue weighted by molar-refractivity contribution is -0.384. The molecule has 2 aromatic carbocycles. The Balaban J connectivity index is 1.51. The van der Waals surface area contributed by atoms with Crippen LogP contribution in [-0.2, 0) is 17.8 Å². The van der Waals surface area contributed by atoms with Crippen LogP contribution in [0.4, 0.5) is 5.69 Å². The normalized spacial score (nSPS) is 10.5. The number of hydrogen-bond donors (Lipinski definition) is 3. The summed E-state index contributed by atoms with van der Waals surface area (Å²) in [5.74, 6) is -1.33. The van der Waals surface area contributed by atoms with Crippen molar-refractivity contribution in [1.82, 2.24) is 25.6 Å². The summed E-state index contributed by atoms with van der Waals surface area (Å²) in [4.78, 5) is 46.3. The van der Waals surface area contributed by atoms with E-state index in [9.17, 15) is 24.5 Å². The van der Waals surface area contributed by atoms with Gasteiger partial charge >= 0.3 is 5.69 Å². The van der Waals surface area contributed by atoms with Crippen LogP contribution in [-0.4, -0.2) is 37.3 Å². The average molecular weight is 442 g/mol. The van der Waals surface area contributed by atoms with Crippen LogP contribution in [0, 0.1) is 10.1 Å². The molecule has 0 spiro atoms. The molecule has 11 nitrogen and oxygen atoms in total. The van der Waals surface area contributed by atoms with E-state index >= 15 is 0 Å². The number of hydrazine groups is 1. The molecule has 0 aliphatic rings. The zero-order valence-corrected chi connectivity index (χ0v) is 16.9. The van der Waals surface area contributed by atoms with E-state index in [4.69, 9.17) is 0 Å². The lowest BCUT2D eigenvalue weighted by Crippen LogP contribution is -2.42. The van der Waals surface area contributed by atoms with Crippen molar-refractivity contribution >= 4 is 29.3 Å². The number of aromatic amines is 1. The van der Waals surface area contributed by atoms with Gasteiger partial charge in [-0.3, -0.25) is 35.1 Å². The molecule has 0 radical (unpaired) electrons. The number of nitrogens with one attached hydrogen (secondary N) is 3. The Hall–Kier alpha value is -3.93. The van der Waals surface area contributed by atoms with Crippen molar-refractivity contribution in [2.75, 3.05) is 5.75 Å². The van der Waals surface area contributed by atoms with Gasteiger partial charge in [0, 0.05) is 24.2 Å². The maximum Gasteiger partial charge on any atom is 0.343 e. The smallest absolute Gasteiger partial charge is 0.272 e. The van der Waals surface area contributed by atoms with Crippen LogP contribution in [0.1, 0.15) is 15.9 Å². The minimum Gasteiger partial charge on any atom is -0.272 e. The molecule has 3 rings (SSSR count). The molecule has 3 aromatic rings. The van der Waals surface area contributed by atoms with E-state index < -0.39 is 16.7 Å². The van der Waals surface area contributed by atoms with Gasteiger partial charge in [0.15, 0.2) is 5.16 Å². The highest BCUT2D eigenvalue weighted by atomic mass is 32.2. The lowest BCUT2D eigenvalue weighted by atomic mass is 10.1. The number of thioether (sulfide) groups is 1. The Kier molecular flexibility index (Phi) is 7.17. The van der Waals surface area contributed by atoms with Crippen molar-refractivity contribution in [3.05, 3.63) is 86.3 Å². The van der Waals surface area contributed by atoms with E-state index in [-0.39, 0.29) is 22.7 Å². The Labute approximate surface area is 180 Å². The topological polar surface area (TPSA) is 152 Å². The summed E-state index contributed by atoms with van der Waals surface area (Å²) in [6, 6.07) is 14.8. The van der Waals surface area contributed by atoms with E-state index in [0.29, 0.717) is 18.1 Å². The van der Waals surface area contributed by atoms with Crippen LogP contribution in [0.5, 0.6) is 0 Å². The Morgan fingerprint density at radius 1 is 1.13 bits per heavy atom. The molecule has 0 bridgehead atoms. The highest BCUT2D eigenvalue weighted by molar-refractivity contribution is 7.99. The zero-order valence-electron chi connectivity index (χ0n) is 16.1. The number of hydrogen-bond acceptors (Lipinski definition) is 7. The van der Waals surface area contributed by atoms with Crippen molar-refractivity contribution < 1.29 is 14.5 Å². The summed E-state index contributed by atoms with van der Waals surface area (Å²) in [7, 11) is 0. The molecule has 12 heteroatoms. The van der Waals surface area contributed by atoms with Crippen LogP contribution in [0.3, 0.4) is 0 Å². The van der Waals surface area contributed by atoms with Crippen LogP contribution in [0.15, 0.2) is 64.5 Å². The summed E-state index contributed by atoms with van der Waals surface area (Å²) in [6.07, 6.45) is 0.624. The SMILES string of the molecule is O=C(CSc1n[nH]c(=O)n1CCc1ccccc1)NNC(=O)c1cccc([N+](=O)[O-])c1. The van der Waals surface area contributed by atoms with Gasteiger partial charge in [-0.1, -0.05) is 48.2 Å². The van der Waals surface area contributed by atoms with Gasteiger partial charge in [0.25, 0.3) is 11.6 Å². The number of H-pyrrole nitrogens is 1. The molecular weight excluding hydrogens is 424 g/mol. The summed E-state index contributed by atoms with van der Waals surface area (Å²) < 4.78 is 1.44. The molecule has 0 saturated carbocycles. The quantitative estimate of drug-likeness (QED) is 0.270. The zero-order chi connectivity index (χ0) is 22.2. The third kappa shape index (κ3) is 6.02. The van der Waals surface area contributed by atoms with Gasteiger partial charge in [0.05, 0.1) is 10.7 Å². The summed E-state index contributed by atoms with van der Waals surface area (Å²) in [6.45, 7) is 0.396. The molecule has 1 heterocycles. The van der Waals surface area contributed by atoms with Crippen molar-refractivity contribution in [1.29, 1.82) is 0 Å². The van der Waals surface area contributed by atoms with E-state index in [1.54, 1.807) is 0 Å². The lowest BCUT2D eigenvalue weighted by Gasteiger charge is -2.08. The third-order valence-corrected chi connectivity index (χ3v) is 5.13. The molecule has 0 atom stereocenters. The Morgan fingerprint density at radius 2 is 1.90 bits per heavy atom. The van der Waals surface area contributed by atoms with Gasteiger partial charge < -0.3 is 0 Å². The van der Waals surface area contributed by atoms with Gasteiger partial charge in [-0.25, -0.2) is 9.89 Å². The second-order valence-electron chi connectivity index (χ2n) is 6.30. The second kappa shape index (κ2) is 10.2. The predicted octanol–water partition coefficient (Wildman–Crippen LogP) is 1.28. The first-order valence-corrected chi connectivity index (χ1v) is 10.1. The molecule has 2 amide bonds. The molecule has 0 aliphatic carbocycles. The van der Waals surface area contributed by atoms with Gasteiger partial charge in [-0.15, -0.1) is 5.10 Å². The van der Waals surface area contributed by atoms with Gasteiger partial charge in [-0.05, 0) is 18.1 Å². The molecule has 0 fully saturated rings. The largest absolute Gasteiger partial charge is 0.343 e. The van der Waals surface area contributed by atoms with E-state index in [1.807, 2.05) is 30.3 Å². The number of rotatable bonds is 8. The number of nitrogens with zero attached hydrogens (tertiary/aromatic N) is 3. The number of aryl methyl sites for hydroxylation is 1. The standard InChI is InChI=1S/C19H18N6O5S/c26-16(20-21-17(27)14-7-4-8-15(11-14)25(29)30)12-31-19-23-22-18(28)24(19)10-9-13-5-2-1-3-6-13/h1-8,11H,9-10,12H2,(H,20,26)(H,21,27)(H,22,28). The number of amides is 2. The number of benzene rings is 2.